The molecule has 8 heteroatoms. The second-order valence-corrected chi connectivity index (χ2v) is 8.64. The number of anilines is 1. The quantitative estimate of drug-likeness (QED) is 0.555. The second kappa shape index (κ2) is 9.70. The van der Waals surface area contributed by atoms with Crippen LogP contribution in [-0.2, 0) is 0 Å². The van der Waals surface area contributed by atoms with Gasteiger partial charge in [0.05, 0.1) is 23.0 Å². The molecule has 6 nitrogen and oxygen atoms in total. The minimum absolute atomic E-state index is 0.00524. The van der Waals surface area contributed by atoms with Gasteiger partial charge in [0, 0.05) is 41.6 Å². The normalized spacial score (nSPS) is 18.4. The lowest BCUT2D eigenvalue weighted by Gasteiger charge is -2.29. The zero-order valence-electron chi connectivity index (χ0n) is 18.6. The first kappa shape index (κ1) is 22.9. The fourth-order valence-electron chi connectivity index (χ4n) is 4.19. The fraction of sp³-hybridized carbons (Fsp3) is 0.360. The van der Waals surface area contributed by atoms with Crippen molar-refractivity contribution in [2.24, 2.45) is 0 Å². The van der Waals surface area contributed by atoms with Gasteiger partial charge >= 0.3 is 0 Å². The van der Waals surface area contributed by atoms with Crippen LogP contribution in [0.1, 0.15) is 73.2 Å². The number of aliphatic hydroxyl groups is 1. The number of aliphatic hydroxyl groups excluding tert-OH is 1. The number of carbonyl (C=O) groups is 1. The van der Waals surface area contributed by atoms with Gasteiger partial charge in [-0.15, -0.1) is 0 Å². The highest BCUT2D eigenvalue weighted by Crippen LogP contribution is 2.40. The van der Waals surface area contributed by atoms with E-state index >= 15 is 0 Å². The molecule has 172 valence electrons. The van der Waals surface area contributed by atoms with E-state index in [4.69, 9.17) is 0 Å². The molecule has 4 rings (SSSR count). The Morgan fingerprint density at radius 2 is 1.79 bits per heavy atom. The molecule has 2 heterocycles. The van der Waals surface area contributed by atoms with Crippen LogP contribution in [0.3, 0.4) is 0 Å². The maximum Gasteiger partial charge on any atom is 0.258 e. The summed E-state index contributed by atoms with van der Waals surface area (Å²) in [5.41, 5.74) is 1.24. The second-order valence-electron chi connectivity index (χ2n) is 8.64. The topological polar surface area (TPSA) is 88.0 Å². The van der Waals surface area contributed by atoms with E-state index in [1.54, 1.807) is 0 Å². The van der Waals surface area contributed by atoms with Crippen molar-refractivity contribution < 1.29 is 18.7 Å². The standard InChI is InChI=1S/C25H26F2N4O2/c1-14(2)24-29-12-15(13-30-24)25(33)31-23-17(19-11-16(26)7-8-20(19)27)9-10-28-22(23)18-5-3-4-6-21(18)32/h7-14,18,21,32H,3-6H2,1-2H3,(H,31,33). The van der Waals surface area contributed by atoms with E-state index in [0.717, 1.165) is 31.0 Å². The first-order valence-electron chi connectivity index (χ1n) is 11.1. The third kappa shape index (κ3) is 4.90. The van der Waals surface area contributed by atoms with Crippen LogP contribution in [0.4, 0.5) is 14.5 Å². The molecule has 33 heavy (non-hydrogen) atoms. The summed E-state index contributed by atoms with van der Waals surface area (Å²) in [4.78, 5) is 26.0. The Labute approximate surface area is 191 Å². The van der Waals surface area contributed by atoms with Gasteiger partial charge in [-0.05, 0) is 37.1 Å². The maximum absolute atomic E-state index is 14.7. The zero-order chi connectivity index (χ0) is 23.5. The van der Waals surface area contributed by atoms with Crippen LogP contribution in [0.2, 0.25) is 0 Å². The molecule has 2 atom stereocenters. The lowest BCUT2D eigenvalue weighted by Crippen LogP contribution is -2.25. The van der Waals surface area contributed by atoms with Crippen LogP contribution in [0, 0.1) is 11.6 Å². The van der Waals surface area contributed by atoms with Crippen molar-refractivity contribution in [2.75, 3.05) is 5.32 Å². The molecular formula is C25H26F2N4O2. The molecule has 0 saturated heterocycles. The Bertz CT molecular complexity index is 1150. The van der Waals surface area contributed by atoms with Crippen molar-refractivity contribution in [1.29, 1.82) is 0 Å². The molecule has 1 saturated carbocycles. The average molecular weight is 453 g/mol. The minimum Gasteiger partial charge on any atom is -0.392 e. The average Bonchev–Trinajstić information content (AvgIpc) is 2.81. The van der Waals surface area contributed by atoms with Crippen molar-refractivity contribution in [1.82, 2.24) is 15.0 Å². The SMILES string of the molecule is CC(C)c1ncc(C(=O)Nc2c(-c3cc(F)ccc3F)ccnc2C2CCCCC2O)cn1. The predicted molar refractivity (Wildman–Crippen MR) is 121 cm³/mol. The molecule has 1 aromatic carbocycles. The van der Waals surface area contributed by atoms with Gasteiger partial charge in [0.2, 0.25) is 0 Å². The van der Waals surface area contributed by atoms with Gasteiger partial charge in [-0.2, -0.15) is 0 Å². The number of nitrogens with one attached hydrogen (secondary N) is 1. The maximum atomic E-state index is 14.7. The number of hydrogen-bond acceptors (Lipinski definition) is 5. The van der Waals surface area contributed by atoms with Crippen LogP contribution in [-0.4, -0.2) is 32.1 Å². The summed E-state index contributed by atoms with van der Waals surface area (Å²) in [5.74, 6) is -1.33. The number of aromatic nitrogens is 3. The highest BCUT2D eigenvalue weighted by atomic mass is 19.1. The lowest BCUT2D eigenvalue weighted by atomic mass is 9.82. The molecule has 1 aliphatic rings. The fourth-order valence-corrected chi connectivity index (χ4v) is 4.19. The Morgan fingerprint density at radius 1 is 1.06 bits per heavy atom. The number of hydrogen-bond donors (Lipinski definition) is 2. The lowest BCUT2D eigenvalue weighted by molar-refractivity contribution is 0.101. The van der Waals surface area contributed by atoms with Gasteiger partial charge in [0.1, 0.15) is 17.5 Å². The molecule has 0 radical (unpaired) electrons. The largest absolute Gasteiger partial charge is 0.392 e. The van der Waals surface area contributed by atoms with Crippen molar-refractivity contribution in [3.8, 4) is 11.1 Å². The van der Waals surface area contributed by atoms with Gasteiger partial charge in [-0.1, -0.05) is 26.7 Å². The molecule has 0 aliphatic heterocycles. The first-order chi connectivity index (χ1) is 15.8. The molecular weight excluding hydrogens is 426 g/mol. The van der Waals surface area contributed by atoms with Gasteiger partial charge in [-0.25, -0.2) is 18.7 Å². The van der Waals surface area contributed by atoms with E-state index < -0.39 is 23.6 Å². The monoisotopic (exact) mass is 452 g/mol. The molecule has 0 spiro atoms. The van der Waals surface area contributed by atoms with Gasteiger partial charge in [0.15, 0.2) is 0 Å². The zero-order valence-corrected chi connectivity index (χ0v) is 18.6. The van der Waals surface area contributed by atoms with Crippen molar-refractivity contribution in [2.45, 2.75) is 57.5 Å². The minimum atomic E-state index is -0.636. The number of amides is 1. The summed E-state index contributed by atoms with van der Waals surface area (Å²) >= 11 is 0. The smallest absolute Gasteiger partial charge is 0.258 e. The Balaban J connectivity index is 1.79. The molecule has 1 fully saturated rings. The molecule has 3 aromatic rings. The third-order valence-corrected chi connectivity index (χ3v) is 5.97. The third-order valence-electron chi connectivity index (χ3n) is 5.97. The summed E-state index contributed by atoms with van der Waals surface area (Å²) in [5, 5.41) is 13.5. The molecule has 1 amide bonds. The van der Waals surface area contributed by atoms with Crippen molar-refractivity contribution >= 4 is 11.6 Å². The highest BCUT2D eigenvalue weighted by molar-refractivity contribution is 6.06. The van der Waals surface area contributed by atoms with Crippen molar-refractivity contribution in [3.63, 3.8) is 0 Å². The van der Waals surface area contributed by atoms with Crippen LogP contribution in [0.5, 0.6) is 0 Å². The van der Waals surface area contributed by atoms with Crippen LogP contribution < -0.4 is 5.32 Å². The Hall–Kier alpha value is -3.26. The summed E-state index contributed by atoms with van der Waals surface area (Å²) in [6.45, 7) is 3.90. The number of pyridine rings is 1. The molecule has 2 N–H and O–H groups in total. The highest BCUT2D eigenvalue weighted by Gasteiger charge is 2.30. The van der Waals surface area contributed by atoms with E-state index in [2.05, 4.69) is 20.3 Å². The molecule has 2 unspecified atom stereocenters. The van der Waals surface area contributed by atoms with E-state index in [9.17, 15) is 18.7 Å². The Morgan fingerprint density at radius 3 is 2.48 bits per heavy atom. The van der Waals surface area contributed by atoms with Gasteiger partial charge in [-0.3, -0.25) is 9.78 Å². The number of carbonyl (C=O) groups excluding carboxylic acids is 1. The number of nitrogens with zero attached hydrogens (tertiary/aromatic N) is 3. The van der Waals surface area contributed by atoms with Gasteiger partial charge < -0.3 is 10.4 Å². The number of benzene rings is 1. The summed E-state index contributed by atoms with van der Waals surface area (Å²) in [6.07, 6.45) is 6.82. The van der Waals surface area contributed by atoms with Crippen molar-refractivity contribution in [3.05, 3.63) is 71.6 Å². The Kier molecular flexibility index (Phi) is 6.74. The van der Waals surface area contributed by atoms with Gasteiger partial charge in [0.25, 0.3) is 5.91 Å². The number of rotatable bonds is 5. The molecule has 2 aromatic heterocycles. The molecule has 0 bridgehead atoms. The van der Waals surface area contributed by atoms with E-state index in [0.29, 0.717) is 29.9 Å². The van der Waals surface area contributed by atoms with Crippen LogP contribution in [0.15, 0.2) is 42.9 Å². The predicted octanol–water partition coefficient (Wildman–Crippen LogP) is 5.21. The van der Waals surface area contributed by atoms with E-state index in [1.165, 1.54) is 24.7 Å². The molecule has 1 aliphatic carbocycles. The summed E-state index contributed by atoms with van der Waals surface area (Å²) in [6, 6.07) is 4.70. The summed E-state index contributed by atoms with van der Waals surface area (Å²) < 4.78 is 28.7. The first-order valence-corrected chi connectivity index (χ1v) is 11.1. The van der Waals surface area contributed by atoms with E-state index in [-0.39, 0.29) is 28.7 Å². The summed E-state index contributed by atoms with van der Waals surface area (Å²) in [7, 11) is 0. The van der Waals surface area contributed by atoms with Crippen LogP contribution in [0.25, 0.3) is 11.1 Å². The number of halogens is 2. The van der Waals surface area contributed by atoms with Crippen LogP contribution >= 0.6 is 0 Å². The van der Waals surface area contributed by atoms with E-state index in [1.807, 2.05) is 13.8 Å².